The zero-order valence-corrected chi connectivity index (χ0v) is 13.6. The van der Waals surface area contributed by atoms with Crippen molar-refractivity contribution >= 4 is 22.9 Å². The van der Waals surface area contributed by atoms with Crippen LogP contribution < -0.4 is 5.32 Å². The number of anilines is 1. The van der Waals surface area contributed by atoms with Crippen molar-refractivity contribution in [1.82, 2.24) is 0 Å². The molecule has 1 aliphatic carbocycles. The number of aryl methyl sites for hydroxylation is 3. The summed E-state index contributed by atoms with van der Waals surface area (Å²) in [6.45, 7) is 6.37. The molecular formula is C18H21NOS. The van der Waals surface area contributed by atoms with Crippen molar-refractivity contribution in [3.8, 4) is 0 Å². The number of rotatable bonds is 3. The molecule has 0 aliphatic heterocycles. The average molecular weight is 299 g/mol. The second kappa shape index (κ2) is 5.64. The lowest BCUT2D eigenvalue weighted by atomic mass is 9.98. The van der Waals surface area contributed by atoms with Gasteiger partial charge in [0.25, 0.3) is 5.91 Å². The molecule has 2 aromatic rings. The Morgan fingerprint density at radius 3 is 2.81 bits per heavy atom. The van der Waals surface area contributed by atoms with E-state index in [-0.39, 0.29) is 5.91 Å². The fraction of sp³-hybridized carbons (Fsp3) is 0.389. The zero-order valence-electron chi connectivity index (χ0n) is 12.8. The van der Waals surface area contributed by atoms with Gasteiger partial charge >= 0.3 is 0 Å². The molecule has 0 saturated heterocycles. The van der Waals surface area contributed by atoms with E-state index in [2.05, 4.69) is 50.4 Å². The Balaban J connectivity index is 1.87. The maximum atomic E-state index is 12.5. The number of thiophene rings is 1. The van der Waals surface area contributed by atoms with Crippen molar-refractivity contribution in [3.63, 3.8) is 0 Å². The van der Waals surface area contributed by atoms with Gasteiger partial charge in [-0.25, -0.2) is 0 Å². The Labute approximate surface area is 130 Å². The average Bonchev–Trinajstić information content (AvgIpc) is 3.01. The molecule has 1 amide bonds. The van der Waals surface area contributed by atoms with Crippen LogP contribution in [0.1, 0.15) is 57.4 Å². The van der Waals surface area contributed by atoms with E-state index in [0.29, 0.717) is 5.92 Å². The zero-order chi connectivity index (χ0) is 15.0. The van der Waals surface area contributed by atoms with Crippen LogP contribution in [-0.4, -0.2) is 5.91 Å². The summed E-state index contributed by atoms with van der Waals surface area (Å²) in [5, 5.41) is 3.14. The van der Waals surface area contributed by atoms with Crippen molar-refractivity contribution < 1.29 is 4.79 Å². The molecule has 1 heterocycles. The number of para-hydroxylation sites is 1. The molecular weight excluding hydrogens is 278 g/mol. The molecule has 21 heavy (non-hydrogen) atoms. The van der Waals surface area contributed by atoms with Crippen LogP contribution in [0.15, 0.2) is 24.3 Å². The van der Waals surface area contributed by atoms with Gasteiger partial charge in [-0.3, -0.25) is 4.79 Å². The monoisotopic (exact) mass is 299 g/mol. The molecule has 0 fully saturated rings. The first-order chi connectivity index (χ1) is 10.1. The molecule has 0 unspecified atom stereocenters. The first-order valence-corrected chi connectivity index (χ1v) is 8.40. The standard InChI is InChI=1S/C18H21NOS/c1-11(2)14-8-4-6-12(3)17(14)19-18(20)16-10-13-7-5-9-15(13)21-16/h4,6,8,10-11H,5,7,9H2,1-3H3,(H,19,20). The maximum absolute atomic E-state index is 12.5. The van der Waals surface area contributed by atoms with Gasteiger partial charge in [-0.2, -0.15) is 0 Å². The topological polar surface area (TPSA) is 29.1 Å². The van der Waals surface area contributed by atoms with E-state index in [0.717, 1.165) is 29.0 Å². The summed E-state index contributed by atoms with van der Waals surface area (Å²) < 4.78 is 0. The van der Waals surface area contributed by atoms with Crippen LogP contribution in [0.3, 0.4) is 0 Å². The summed E-state index contributed by atoms with van der Waals surface area (Å²) in [6, 6.07) is 8.28. The molecule has 1 N–H and O–H groups in total. The van der Waals surface area contributed by atoms with Crippen LogP contribution in [0.5, 0.6) is 0 Å². The molecule has 0 saturated carbocycles. The Hall–Kier alpha value is -1.61. The van der Waals surface area contributed by atoms with Crippen molar-refractivity contribution in [1.29, 1.82) is 0 Å². The highest BCUT2D eigenvalue weighted by Crippen LogP contribution is 2.32. The lowest BCUT2D eigenvalue weighted by Crippen LogP contribution is -2.13. The number of benzene rings is 1. The Bertz CT molecular complexity index is 663. The summed E-state index contributed by atoms with van der Waals surface area (Å²) in [5.41, 5.74) is 4.68. The molecule has 0 bridgehead atoms. The first-order valence-electron chi connectivity index (χ1n) is 7.58. The highest BCUT2D eigenvalue weighted by Gasteiger charge is 2.20. The second-order valence-electron chi connectivity index (χ2n) is 6.06. The quantitative estimate of drug-likeness (QED) is 0.856. The fourth-order valence-corrected chi connectivity index (χ4v) is 4.11. The largest absolute Gasteiger partial charge is 0.321 e. The first kappa shape index (κ1) is 14.3. The van der Waals surface area contributed by atoms with Crippen LogP contribution in [0, 0.1) is 6.92 Å². The highest BCUT2D eigenvalue weighted by molar-refractivity contribution is 7.14. The second-order valence-corrected chi connectivity index (χ2v) is 7.20. The SMILES string of the molecule is Cc1cccc(C(C)C)c1NC(=O)c1cc2c(s1)CCC2. The number of carbonyl (C=O) groups excluding carboxylic acids is 1. The molecule has 1 aliphatic rings. The van der Waals surface area contributed by atoms with Gasteiger partial charge in [0.2, 0.25) is 0 Å². The Morgan fingerprint density at radius 2 is 2.10 bits per heavy atom. The molecule has 1 aromatic carbocycles. The van der Waals surface area contributed by atoms with Gasteiger partial charge in [0.15, 0.2) is 0 Å². The van der Waals surface area contributed by atoms with Gasteiger partial charge in [-0.1, -0.05) is 32.0 Å². The van der Waals surface area contributed by atoms with Crippen LogP contribution in [0.2, 0.25) is 0 Å². The number of amides is 1. The summed E-state index contributed by atoms with van der Waals surface area (Å²) in [4.78, 5) is 14.8. The van der Waals surface area contributed by atoms with Crippen molar-refractivity contribution in [2.75, 3.05) is 5.32 Å². The summed E-state index contributed by atoms with van der Waals surface area (Å²) in [5.74, 6) is 0.430. The minimum atomic E-state index is 0.0330. The van der Waals surface area contributed by atoms with E-state index in [9.17, 15) is 4.79 Å². The van der Waals surface area contributed by atoms with Gasteiger partial charge in [0.05, 0.1) is 4.88 Å². The highest BCUT2D eigenvalue weighted by atomic mass is 32.1. The van der Waals surface area contributed by atoms with Gasteiger partial charge in [0, 0.05) is 10.6 Å². The molecule has 3 rings (SSSR count). The minimum absolute atomic E-state index is 0.0330. The van der Waals surface area contributed by atoms with Gasteiger partial charge in [-0.05, 0) is 54.9 Å². The van der Waals surface area contributed by atoms with Crippen LogP contribution in [0.4, 0.5) is 5.69 Å². The van der Waals surface area contributed by atoms with E-state index < -0.39 is 0 Å². The number of carbonyl (C=O) groups is 1. The predicted molar refractivity (Wildman–Crippen MR) is 89.6 cm³/mol. The van der Waals surface area contributed by atoms with Crippen molar-refractivity contribution in [3.05, 3.63) is 50.7 Å². The number of nitrogens with one attached hydrogen (secondary N) is 1. The smallest absolute Gasteiger partial charge is 0.265 e. The maximum Gasteiger partial charge on any atom is 0.265 e. The van der Waals surface area contributed by atoms with Gasteiger partial charge in [-0.15, -0.1) is 11.3 Å². The minimum Gasteiger partial charge on any atom is -0.321 e. The lowest BCUT2D eigenvalue weighted by Gasteiger charge is -2.16. The third-order valence-corrected chi connectivity index (χ3v) is 5.37. The number of hydrogen-bond donors (Lipinski definition) is 1. The Kier molecular flexibility index (Phi) is 3.85. The molecule has 1 aromatic heterocycles. The van der Waals surface area contributed by atoms with E-state index >= 15 is 0 Å². The molecule has 0 spiro atoms. The predicted octanol–water partition coefficient (Wildman–Crippen LogP) is 4.92. The van der Waals surface area contributed by atoms with E-state index in [1.165, 1.54) is 22.4 Å². The third-order valence-electron chi connectivity index (χ3n) is 4.14. The third kappa shape index (κ3) is 2.75. The molecule has 0 atom stereocenters. The van der Waals surface area contributed by atoms with E-state index in [4.69, 9.17) is 0 Å². The van der Waals surface area contributed by atoms with Gasteiger partial charge in [0.1, 0.15) is 0 Å². The van der Waals surface area contributed by atoms with Crippen molar-refractivity contribution in [2.24, 2.45) is 0 Å². The van der Waals surface area contributed by atoms with Crippen LogP contribution >= 0.6 is 11.3 Å². The summed E-state index contributed by atoms with van der Waals surface area (Å²) in [7, 11) is 0. The molecule has 3 heteroatoms. The molecule has 110 valence electrons. The van der Waals surface area contributed by atoms with Crippen molar-refractivity contribution in [2.45, 2.75) is 46.0 Å². The van der Waals surface area contributed by atoms with E-state index in [1.54, 1.807) is 11.3 Å². The normalized spacial score (nSPS) is 13.5. The molecule has 0 radical (unpaired) electrons. The summed E-state index contributed by atoms with van der Waals surface area (Å²) >= 11 is 1.66. The Morgan fingerprint density at radius 1 is 1.29 bits per heavy atom. The van der Waals surface area contributed by atoms with E-state index in [1.807, 2.05) is 0 Å². The lowest BCUT2D eigenvalue weighted by molar-refractivity contribution is 0.103. The number of fused-ring (bicyclic) bond motifs is 1. The van der Waals surface area contributed by atoms with Gasteiger partial charge < -0.3 is 5.32 Å². The fourth-order valence-electron chi connectivity index (χ4n) is 2.96. The number of hydrogen-bond acceptors (Lipinski definition) is 2. The van der Waals surface area contributed by atoms with Crippen LogP contribution in [-0.2, 0) is 12.8 Å². The van der Waals surface area contributed by atoms with Crippen LogP contribution in [0.25, 0.3) is 0 Å². The summed E-state index contributed by atoms with van der Waals surface area (Å²) in [6.07, 6.45) is 3.49. The molecule has 2 nitrogen and oxygen atoms in total.